The lowest BCUT2D eigenvalue weighted by Gasteiger charge is -2.24. The molecular weight excluding hydrogens is 184 g/mol. The third-order valence-corrected chi connectivity index (χ3v) is 3.86. The van der Waals surface area contributed by atoms with Crippen molar-refractivity contribution in [2.45, 2.75) is 25.0 Å². The van der Waals surface area contributed by atoms with Crippen LogP contribution in [0.1, 0.15) is 12.8 Å². The third-order valence-electron chi connectivity index (χ3n) is 3.69. The van der Waals surface area contributed by atoms with E-state index in [9.17, 15) is 4.79 Å². The van der Waals surface area contributed by atoms with E-state index in [0.29, 0.717) is 18.1 Å². The van der Waals surface area contributed by atoms with Gasteiger partial charge < -0.3 is 9.47 Å². The summed E-state index contributed by atoms with van der Waals surface area (Å²) in [6, 6.07) is 0. The van der Waals surface area contributed by atoms with Crippen molar-refractivity contribution in [3.05, 3.63) is 0 Å². The van der Waals surface area contributed by atoms with Crippen molar-refractivity contribution in [1.29, 1.82) is 0 Å². The number of rotatable bonds is 2. The summed E-state index contributed by atoms with van der Waals surface area (Å²) in [4.78, 5) is 11.4. The molecule has 1 aliphatic heterocycles. The number of hydrogen-bond acceptors (Lipinski definition) is 3. The Bertz CT molecular complexity index is 255. The van der Waals surface area contributed by atoms with Gasteiger partial charge >= 0.3 is 5.97 Å². The minimum absolute atomic E-state index is 0.0116. The van der Waals surface area contributed by atoms with Crippen LogP contribution in [-0.4, -0.2) is 34.6 Å². The Kier molecular flexibility index (Phi) is 1.58. The van der Waals surface area contributed by atoms with E-state index < -0.39 is 0 Å². The Hall–Kier alpha value is -0.353. The highest BCUT2D eigenvalue weighted by Gasteiger charge is 2.62. The third kappa shape index (κ3) is 0.903. The van der Waals surface area contributed by atoms with E-state index in [1.165, 1.54) is 0 Å². The van der Waals surface area contributed by atoms with Crippen molar-refractivity contribution in [3.8, 4) is 0 Å². The molecule has 5 unspecified atom stereocenters. The monoisotopic (exact) mass is 195 g/mol. The number of ether oxygens (including phenoxy) is 2. The number of esters is 1. The fourth-order valence-electron chi connectivity index (χ4n) is 3.23. The molecule has 2 bridgehead atoms. The van der Waals surface area contributed by atoms with E-state index in [1.807, 2.05) is 0 Å². The molecule has 5 atom stereocenters. The van der Waals surface area contributed by atoms with Crippen LogP contribution in [0, 0.1) is 17.8 Å². The molecule has 3 fully saturated rings. The standard InChI is InChI=1S/C9H11O3Si/c10-9-6-2-4-1-5(6)8(12-9)7(4)11-3-13/h4-8H,1-3H2. The summed E-state index contributed by atoms with van der Waals surface area (Å²) < 4.78 is 10.9. The fourth-order valence-corrected chi connectivity index (χ4v) is 3.42. The highest BCUT2D eigenvalue weighted by Crippen LogP contribution is 2.55. The molecule has 2 saturated carbocycles. The molecule has 1 saturated heterocycles. The maximum Gasteiger partial charge on any atom is 0.309 e. The molecule has 4 heteroatoms. The van der Waals surface area contributed by atoms with Gasteiger partial charge in [-0.2, -0.15) is 0 Å². The first-order chi connectivity index (χ1) is 6.31. The van der Waals surface area contributed by atoms with Crippen LogP contribution in [0.2, 0.25) is 0 Å². The van der Waals surface area contributed by atoms with Crippen molar-refractivity contribution in [3.63, 3.8) is 0 Å². The highest BCUT2D eigenvalue weighted by molar-refractivity contribution is 6.08. The molecule has 0 amide bonds. The predicted octanol–water partition coefficient (Wildman–Crippen LogP) is 0.0790. The average Bonchev–Trinajstić information content (AvgIpc) is 2.69. The lowest BCUT2D eigenvalue weighted by atomic mass is 9.88. The first kappa shape index (κ1) is 8.00. The zero-order valence-electron chi connectivity index (χ0n) is 7.23. The van der Waals surface area contributed by atoms with Crippen LogP contribution in [-0.2, 0) is 14.3 Å². The van der Waals surface area contributed by atoms with Crippen LogP contribution in [0.5, 0.6) is 0 Å². The summed E-state index contributed by atoms with van der Waals surface area (Å²) in [7, 11) is 3.30. The van der Waals surface area contributed by atoms with Crippen LogP contribution in [0.15, 0.2) is 0 Å². The number of carbonyl (C=O) groups is 1. The summed E-state index contributed by atoms with van der Waals surface area (Å²) in [5.74, 6) is 1.23. The van der Waals surface area contributed by atoms with Crippen molar-refractivity contribution < 1.29 is 14.3 Å². The van der Waals surface area contributed by atoms with Crippen LogP contribution in [0.4, 0.5) is 0 Å². The van der Waals surface area contributed by atoms with Crippen LogP contribution < -0.4 is 0 Å². The smallest absolute Gasteiger partial charge is 0.309 e. The van der Waals surface area contributed by atoms with Crippen molar-refractivity contribution in [1.82, 2.24) is 0 Å². The van der Waals surface area contributed by atoms with Gasteiger partial charge in [-0.05, 0) is 18.8 Å². The van der Waals surface area contributed by atoms with Gasteiger partial charge in [-0.1, -0.05) is 0 Å². The molecule has 2 aliphatic carbocycles. The maximum atomic E-state index is 11.4. The van der Waals surface area contributed by atoms with Gasteiger partial charge in [0.25, 0.3) is 0 Å². The minimum atomic E-state index is 0.0116. The second-order valence-corrected chi connectivity index (χ2v) is 4.47. The molecule has 0 aromatic carbocycles. The van der Waals surface area contributed by atoms with Gasteiger partial charge in [0, 0.05) is 12.1 Å². The number of hydrogen-bond donors (Lipinski definition) is 0. The second kappa shape index (κ2) is 2.57. The molecule has 0 aromatic rings. The molecule has 0 aromatic heterocycles. The van der Waals surface area contributed by atoms with E-state index in [-0.39, 0.29) is 24.1 Å². The van der Waals surface area contributed by atoms with Gasteiger partial charge in [0.15, 0.2) is 0 Å². The van der Waals surface area contributed by atoms with Crippen molar-refractivity contribution >= 4 is 16.2 Å². The van der Waals surface area contributed by atoms with Gasteiger partial charge in [0.1, 0.15) is 6.10 Å². The topological polar surface area (TPSA) is 35.5 Å². The first-order valence-electron chi connectivity index (χ1n) is 4.78. The largest absolute Gasteiger partial charge is 0.459 e. The highest BCUT2D eigenvalue weighted by atomic mass is 28.1. The Morgan fingerprint density at radius 3 is 3.15 bits per heavy atom. The molecule has 3 radical (unpaired) electrons. The molecule has 0 N–H and O–H groups in total. The summed E-state index contributed by atoms with van der Waals surface area (Å²) in [5, 5.41) is 0. The van der Waals surface area contributed by atoms with Gasteiger partial charge in [-0.15, -0.1) is 0 Å². The van der Waals surface area contributed by atoms with E-state index in [4.69, 9.17) is 9.47 Å². The molecule has 3 rings (SSSR count). The number of carbonyl (C=O) groups excluding carboxylic acids is 1. The summed E-state index contributed by atoms with van der Waals surface area (Å²) >= 11 is 0. The molecule has 3 aliphatic rings. The summed E-state index contributed by atoms with van der Waals surface area (Å²) in [6.07, 6.45) is 2.86. The Morgan fingerprint density at radius 2 is 2.38 bits per heavy atom. The van der Waals surface area contributed by atoms with Gasteiger partial charge in [0.05, 0.1) is 22.3 Å². The zero-order chi connectivity index (χ0) is 9.00. The molecule has 1 heterocycles. The quantitative estimate of drug-likeness (QED) is 0.462. The minimum Gasteiger partial charge on any atom is -0.459 e. The summed E-state index contributed by atoms with van der Waals surface area (Å²) in [5.41, 5.74) is 0. The molecular formula is C9H11O3Si. The maximum absolute atomic E-state index is 11.4. The Labute approximate surface area is 80.2 Å². The van der Waals surface area contributed by atoms with Crippen LogP contribution in [0.3, 0.4) is 0 Å². The lowest BCUT2D eigenvalue weighted by Crippen LogP contribution is -2.34. The first-order valence-corrected chi connectivity index (χ1v) is 5.48. The molecule has 13 heavy (non-hydrogen) atoms. The van der Waals surface area contributed by atoms with E-state index in [1.54, 1.807) is 0 Å². The molecule has 69 valence electrons. The molecule has 0 spiro atoms. The lowest BCUT2D eigenvalue weighted by molar-refractivity contribution is -0.146. The average molecular weight is 195 g/mol. The van der Waals surface area contributed by atoms with E-state index in [0.717, 1.165) is 12.8 Å². The fraction of sp³-hybridized carbons (Fsp3) is 0.889. The van der Waals surface area contributed by atoms with E-state index in [2.05, 4.69) is 10.2 Å². The van der Waals surface area contributed by atoms with Gasteiger partial charge in [-0.25, -0.2) is 0 Å². The Morgan fingerprint density at radius 1 is 1.54 bits per heavy atom. The van der Waals surface area contributed by atoms with Crippen LogP contribution >= 0.6 is 0 Å². The predicted molar refractivity (Wildman–Crippen MR) is 45.1 cm³/mol. The SMILES string of the molecule is O=C1OC2C3CC(CC13)C2OC[Si]. The second-order valence-electron chi connectivity index (χ2n) is 4.18. The van der Waals surface area contributed by atoms with Gasteiger partial charge in [-0.3, -0.25) is 4.79 Å². The van der Waals surface area contributed by atoms with Gasteiger partial charge in [0.2, 0.25) is 0 Å². The number of fused-ring (bicyclic) bond motifs is 1. The Balaban J connectivity index is 1.86. The van der Waals surface area contributed by atoms with Crippen molar-refractivity contribution in [2.24, 2.45) is 17.8 Å². The normalized spacial score (nSPS) is 51.5. The zero-order valence-corrected chi connectivity index (χ0v) is 8.23. The van der Waals surface area contributed by atoms with E-state index >= 15 is 0 Å². The molecule has 3 nitrogen and oxygen atoms in total. The summed E-state index contributed by atoms with van der Waals surface area (Å²) in [6.45, 7) is 0. The van der Waals surface area contributed by atoms with Crippen LogP contribution in [0.25, 0.3) is 0 Å². The van der Waals surface area contributed by atoms with Crippen molar-refractivity contribution in [2.75, 3.05) is 6.23 Å².